The lowest BCUT2D eigenvalue weighted by molar-refractivity contribution is 0.0943. The third kappa shape index (κ3) is 2.90. The number of hydrogen-bond donors (Lipinski definition) is 2. The fourth-order valence-electron chi connectivity index (χ4n) is 1.89. The van der Waals surface area contributed by atoms with Gasteiger partial charge in [-0.05, 0) is 53.2 Å². The minimum atomic E-state index is -0.181. The van der Waals surface area contributed by atoms with Crippen molar-refractivity contribution in [3.63, 3.8) is 0 Å². The van der Waals surface area contributed by atoms with Crippen molar-refractivity contribution >= 4 is 39.0 Å². The molecule has 18 heavy (non-hydrogen) atoms. The fraction of sp³-hybridized carbons (Fsp3) is 0.385. The Labute approximate surface area is 120 Å². The number of carbonyl (C=O) groups is 1. The van der Waals surface area contributed by atoms with Crippen LogP contribution in [0.3, 0.4) is 0 Å². The van der Waals surface area contributed by atoms with Crippen LogP contribution in [0.1, 0.15) is 28.8 Å². The number of carbonyl (C=O) groups excluding carboxylic acids is 1. The van der Waals surface area contributed by atoms with E-state index >= 15 is 0 Å². The summed E-state index contributed by atoms with van der Waals surface area (Å²) in [5.41, 5.74) is 7.33. The summed E-state index contributed by atoms with van der Waals surface area (Å²) >= 11 is 8.45. The number of nitrogens with one attached hydrogen (secondary N) is 1. The van der Waals surface area contributed by atoms with Crippen LogP contribution in [-0.2, 0) is 0 Å². The van der Waals surface area contributed by atoms with Gasteiger partial charge in [-0.1, -0.05) is 24.4 Å². The zero-order valence-electron chi connectivity index (χ0n) is 10.1. The molecule has 3 nitrogen and oxygen atoms in total. The van der Waals surface area contributed by atoms with E-state index in [2.05, 4.69) is 21.2 Å². The molecule has 1 atom stereocenters. The van der Waals surface area contributed by atoms with Crippen LogP contribution in [0.25, 0.3) is 0 Å². The third-order valence-electron chi connectivity index (χ3n) is 3.12. The molecular weight excluding hydrogens is 312 g/mol. The summed E-state index contributed by atoms with van der Waals surface area (Å²) in [6.45, 7) is 1.95. The maximum Gasteiger partial charge on any atom is 0.253 e. The fourth-order valence-corrected chi connectivity index (χ4v) is 2.59. The molecule has 1 aromatic rings. The van der Waals surface area contributed by atoms with E-state index in [1.165, 1.54) is 0 Å². The molecule has 1 aromatic carbocycles. The SMILES string of the molecule is Cc1cccc(C(=O)NC(C(N)=S)C2CC2)c1Br. The van der Waals surface area contributed by atoms with Crippen LogP contribution in [0.15, 0.2) is 22.7 Å². The predicted octanol–water partition coefficient (Wildman–Crippen LogP) is 2.55. The molecule has 0 bridgehead atoms. The maximum atomic E-state index is 12.2. The monoisotopic (exact) mass is 326 g/mol. The van der Waals surface area contributed by atoms with Crippen molar-refractivity contribution in [1.29, 1.82) is 0 Å². The van der Waals surface area contributed by atoms with Crippen molar-refractivity contribution in [2.75, 3.05) is 0 Å². The van der Waals surface area contributed by atoms with Crippen LogP contribution < -0.4 is 11.1 Å². The topological polar surface area (TPSA) is 55.1 Å². The number of amides is 1. The molecule has 1 aliphatic carbocycles. The summed E-state index contributed by atoms with van der Waals surface area (Å²) in [4.78, 5) is 12.6. The summed E-state index contributed by atoms with van der Waals surface area (Å²) in [7, 11) is 0. The molecule has 1 amide bonds. The number of thiocarbonyl (C=S) groups is 1. The first kappa shape index (κ1) is 13.5. The Balaban J connectivity index is 2.16. The van der Waals surface area contributed by atoms with Gasteiger partial charge in [0.15, 0.2) is 0 Å². The molecule has 3 N–H and O–H groups in total. The van der Waals surface area contributed by atoms with Gasteiger partial charge in [-0.2, -0.15) is 0 Å². The second kappa shape index (κ2) is 5.36. The van der Waals surface area contributed by atoms with Crippen LogP contribution >= 0.6 is 28.1 Å². The Morgan fingerprint density at radius 2 is 2.22 bits per heavy atom. The molecule has 0 aromatic heterocycles. The number of aryl methyl sites for hydroxylation is 1. The molecule has 5 heteroatoms. The Kier molecular flexibility index (Phi) is 4.02. The van der Waals surface area contributed by atoms with Crippen LogP contribution in [-0.4, -0.2) is 16.9 Å². The lowest BCUT2D eigenvalue weighted by atomic mass is 10.1. The molecule has 1 unspecified atom stereocenters. The molecule has 0 radical (unpaired) electrons. The molecule has 0 saturated heterocycles. The molecule has 2 rings (SSSR count). The largest absolute Gasteiger partial charge is 0.392 e. The highest BCUT2D eigenvalue weighted by Gasteiger charge is 2.34. The Morgan fingerprint density at radius 1 is 1.56 bits per heavy atom. The van der Waals surface area contributed by atoms with Crippen LogP contribution in [0, 0.1) is 12.8 Å². The van der Waals surface area contributed by atoms with E-state index < -0.39 is 0 Å². The molecule has 96 valence electrons. The van der Waals surface area contributed by atoms with Crippen molar-refractivity contribution in [2.24, 2.45) is 11.7 Å². The average Bonchev–Trinajstić information content (AvgIpc) is 3.13. The van der Waals surface area contributed by atoms with Crippen LogP contribution in [0.5, 0.6) is 0 Å². The van der Waals surface area contributed by atoms with Gasteiger partial charge in [-0.3, -0.25) is 4.79 Å². The van der Waals surface area contributed by atoms with E-state index in [9.17, 15) is 4.79 Å². The second-order valence-corrected chi connectivity index (χ2v) is 5.89. The molecule has 1 fully saturated rings. The third-order valence-corrected chi connectivity index (χ3v) is 4.43. The lowest BCUT2D eigenvalue weighted by Gasteiger charge is -2.17. The molecule has 0 spiro atoms. The van der Waals surface area contributed by atoms with Gasteiger partial charge in [-0.15, -0.1) is 0 Å². The smallest absolute Gasteiger partial charge is 0.253 e. The van der Waals surface area contributed by atoms with Gasteiger partial charge in [0.05, 0.1) is 16.6 Å². The van der Waals surface area contributed by atoms with Crippen molar-refractivity contribution in [3.8, 4) is 0 Å². The summed E-state index contributed by atoms with van der Waals surface area (Å²) < 4.78 is 0.819. The Hall–Kier alpha value is -0.940. The predicted molar refractivity (Wildman–Crippen MR) is 79.6 cm³/mol. The average molecular weight is 327 g/mol. The van der Waals surface area contributed by atoms with Gasteiger partial charge in [0.1, 0.15) is 0 Å². The highest BCUT2D eigenvalue weighted by atomic mass is 79.9. The van der Waals surface area contributed by atoms with Crippen molar-refractivity contribution in [1.82, 2.24) is 5.32 Å². The van der Waals surface area contributed by atoms with E-state index in [-0.39, 0.29) is 11.9 Å². The zero-order valence-corrected chi connectivity index (χ0v) is 12.5. The van der Waals surface area contributed by atoms with E-state index in [0.717, 1.165) is 22.9 Å². The molecule has 1 aliphatic rings. The van der Waals surface area contributed by atoms with E-state index in [4.69, 9.17) is 18.0 Å². The van der Waals surface area contributed by atoms with Gasteiger partial charge in [0.25, 0.3) is 5.91 Å². The number of halogens is 1. The first-order chi connectivity index (χ1) is 8.50. The normalized spacial score (nSPS) is 16.1. The van der Waals surface area contributed by atoms with E-state index in [1.807, 2.05) is 19.1 Å². The standard InChI is InChI=1S/C13H15BrN2OS/c1-7-3-2-4-9(10(7)14)13(17)16-11(12(15)18)8-5-6-8/h2-4,8,11H,5-6H2,1H3,(H2,15,18)(H,16,17). The number of benzene rings is 1. The lowest BCUT2D eigenvalue weighted by Crippen LogP contribution is -2.45. The number of rotatable bonds is 4. The molecule has 0 aliphatic heterocycles. The zero-order chi connectivity index (χ0) is 13.3. The first-order valence-electron chi connectivity index (χ1n) is 5.86. The minimum Gasteiger partial charge on any atom is -0.392 e. The second-order valence-electron chi connectivity index (χ2n) is 4.63. The van der Waals surface area contributed by atoms with Gasteiger partial charge in [-0.25, -0.2) is 0 Å². The summed E-state index contributed by atoms with van der Waals surface area (Å²) in [6, 6.07) is 5.42. The molecule has 0 heterocycles. The highest BCUT2D eigenvalue weighted by Crippen LogP contribution is 2.33. The summed E-state index contributed by atoms with van der Waals surface area (Å²) in [6.07, 6.45) is 2.16. The Bertz CT molecular complexity index is 500. The summed E-state index contributed by atoms with van der Waals surface area (Å²) in [5, 5.41) is 2.93. The van der Waals surface area contributed by atoms with Crippen molar-refractivity contribution in [3.05, 3.63) is 33.8 Å². The van der Waals surface area contributed by atoms with Crippen molar-refractivity contribution < 1.29 is 4.79 Å². The van der Waals surface area contributed by atoms with Gasteiger partial charge < -0.3 is 11.1 Å². The van der Waals surface area contributed by atoms with Crippen molar-refractivity contribution in [2.45, 2.75) is 25.8 Å². The highest BCUT2D eigenvalue weighted by molar-refractivity contribution is 9.10. The van der Waals surface area contributed by atoms with Crippen LogP contribution in [0.2, 0.25) is 0 Å². The quantitative estimate of drug-likeness (QED) is 0.836. The first-order valence-corrected chi connectivity index (χ1v) is 7.06. The number of nitrogens with two attached hydrogens (primary N) is 1. The molecular formula is C13H15BrN2OS. The number of hydrogen-bond acceptors (Lipinski definition) is 2. The Morgan fingerprint density at radius 3 is 2.78 bits per heavy atom. The van der Waals surface area contributed by atoms with E-state index in [0.29, 0.717) is 16.5 Å². The minimum absolute atomic E-state index is 0.129. The maximum absolute atomic E-state index is 12.2. The van der Waals surface area contributed by atoms with Crippen LogP contribution in [0.4, 0.5) is 0 Å². The molecule has 1 saturated carbocycles. The van der Waals surface area contributed by atoms with E-state index in [1.54, 1.807) is 6.07 Å². The van der Waals surface area contributed by atoms with Gasteiger partial charge in [0, 0.05) is 4.47 Å². The van der Waals surface area contributed by atoms with Gasteiger partial charge >= 0.3 is 0 Å². The van der Waals surface area contributed by atoms with Gasteiger partial charge in [0.2, 0.25) is 0 Å². The summed E-state index contributed by atoms with van der Waals surface area (Å²) in [5.74, 6) is 0.283.